The lowest BCUT2D eigenvalue weighted by molar-refractivity contribution is -0.00126. The lowest BCUT2D eigenvalue weighted by Crippen LogP contribution is -2.46. The predicted octanol–water partition coefficient (Wildman–Crippen LogP) is 4.62. The van der Waals surface area contributed by atoms with Gasteiger partial charge in [-0.1, -0.05) is 19.8 Å². The molecule has 29 heavy (non-hydrogen) atoms. The lowest BCUT2D eigenvalue weighted by Gasteiger charge is -2.38. The molecule has 2 aliphatic carbocycles. The van der Waals surface area contributed by atoms with Crippen LogP contribution in [0.1, 0.15) is 62.3 Å². The Morgan fingerprint density at radius 2 is 1.97 bits per heavy atom. The van der Waals surface area contributed by atoms with Gasteiger partial charge < -0.3 is 9.47 Å². The fourth-order valence-electron chi connectivity index (χ4n) is 5.52. The summed E-state index contributed by atoms with van der Waals surface area (Å²) < 4.78 is 12.0. The van der Waals surface area contributed by atoms with Crippen LogP contribution in [0, 0.1) is 5.92 Å². The minimum Gasteiger partial charge on any atom is -0.474 e. The quantitative estimate of drug-likeness (QED) is 0.713. The molecule has 2 aromatic rings. The first-order chi connectivity index (χ1) is 14.3. The van der Waals surface area contributed by atoms with Crippen LogP contribution in [-0.4, -0.2) is 53.3 Å². The topological polar surface area (TPSA) is 47.5 Å². The van der Waals surface area contributed by atoms with Crippen molar-refractivity contribution in [2.75, 3.05) is 26.3 Å². The molecule has 5 rings (SSSR count). The molecule has 1 saturated carbocycles. The van der Waals surface area contributed by atoms with E-state index in [0.29, 0.717) is 6.04 Å². The Morgan fingerprint density at radius 1 is 1.14 bits per heavy atom. The Labute approximate surface area is 177 Å². The highest BCUT2D eigenvalue weighted by atomic mass is 32.1. The Hall–Kier alpha value is -1.24. The molecule has 1 atom stereocenters. The van der Waals surface area contributed by atoms with Crippen molar-refractivity contribution in [3.8, 4) is 5.88 Å². The van der Waals surface area contributed by atoms with Gasteiger partial charge in [0.25, 0.3) is 0 Å². The number of fused-ring (bicyclic) bond motifs is 3. The van der Waals surface area contributed by atoms with Crippen LogP contribution in [0.15, 0.2) is 6.33 Å². The lowest BCUT2D eigenvalue weighted by atomic mass is 9.84. The van der Waals surface area contributed by atoms with Crippen LogP contribution in [0.3, 0.4) is 0 Å². The van der Waals surface area contributed by atoms with Crippen molar-refractivity contribution in [3.63, 3.8) is 0 Å². The molecular weight excluding hydrogens is 382 g/mol. The first kappa shape index (κ1) is 19.7. The third kappa shape index (κ3) is 4.17. The van der Waals surface area contributed by atoms with Gasteiger partial charge in [-0.05, 0) is 56.4 Å². The summed E-state index contributed by atoms with van der Waals surface area (Å²) >= 11 is 1.87. The van der Waals surface area contributed by atoms with Gasteiger partial charge >= 0.3 is 0 Å². The van der Waals surface area contributed by atoms with Crippen LogP contribution < -0.4 is 4.74 Å². The molecule has 0 unspecified atom stereocenters. The van der Waals surface area contributed by atoms with Gasteiger partial charge in [0.1, 0.15) is 17.3 Å². The zero-order chi connectivity index (χ0) is 19.6. The normalized spacial score (nSPS) is 28.4. The summed E-state index contributed by atoms with van der Waals surface area (Å²) in [6, 6.07) is 0.702. The van der Waals surface area contributed by atoms with Crippen LogP contribution in [0.5, 0.6) is 5.88 Å². The Kier molecular flexibility index (Phi) is 6.02. The number of nitrogens with zero attached hydrogens (tertiary/aromatic N) is 3. The number of hydrogen-bond acceptors (Lipinski definition) is 6. The molecule has 0 N–H and O–H groups in total. The molecule has 2 aromatic heterocycles. The van der Waals surface area contributed by atoms with Gasteiger partial charge in [-0.25, -0.2) is 9.97 Å². The summed E-state index contributed by atoms with van der Waals surface area (Å²) in [5.41, 5.74) is 1.49. The number of hydrogen-bond donors (Lipinski definition) is 0. The number of morpholine rings is 1. The predicted molar refractivity (Wildman–Crippen MR) is 117 cm³/mol. The van der Waals surface area contributed by atoms with Gasteiger partial charge in [-0.15, -0.1) is 11.3 Å². The molecule has 1 aliphatic heterocycles. The highest BCUT2D eigenvalue weighted by molar-refractivity contribution is 7.18. The summed E-state index contributed by atoms with van der Waals surface area (Å²) in [7, 11) is 0. The van der Waals surface area contributed by atoms with E-state index in [-0.39, 0.29) is 6.10 Å². The number of ether oxygens (including phenoxy) is 2. The van der Waals surface area contributed by atoms with Crippen molar-refractivity contribution in [1.29, 1.82) is 0 Å². The first-order valence-corrected chi connectivity index (χ1v) is 12.4. The molecule has 158 valence electrons. The first-order valence-electron chi connectivity index (χ1n) is 11.6. The number of thiophene rings is 1. The third-order valence-electron chi connectivity index (χ3n) is 7.09. The summed E-state index contributed by atoms with van der Waals surface area (Å²) in [5.74, 6) is 1.65. The summed E-state index contributed by atoms with van der Waals surface area (Å²) in [5, 5.41) is 1.23. The van der Waals surface area contributed by atoms with E-state index in [9.17, 15) is 0 Å². The fraction of sp³-hybridized carbons (Fsp3) is 0.739. The van der Waals surface area contributed by atoms with Crippen molar-refractivity contribution < 1.29 is 9.47 Å². The zero-order valence-corrected chi connectivity index (χ0v) is 18.4. The SMILES string of the molecule is CCC[C@@H]1CCc2sc3ncnc(O[C@H]4CC[C@H](N5CCOCC5)CC4)c3c2C1. The van der Waals surface area contributed by atoms with Gasteiger partial charge in [0, 0.05) is 24.0 Å². The second-order valence-corrected chi connectivity index (χ2v) is 10.0. The van der Waals surface area contributed by atoms with Crippen LogP contribution >= 0.6 is 11.3 Å². The highest BCUT2D eigenvalue weighted by Gasteiger charge is 2.30. The molecule has 0 radical (unpaired) electrons. The maximum Gasteiger partial charge on any atom is 0.225 e. The Morgan fingerprint density at radius 3 is 2.76 bits per heavy atom. The van der Waals surface area contributed by atoms with Gasteiger partial charge in [0.05, 0.1) is 18.6 Å². The third-order valence-corrected chi connectivity index (χ3v) is 8.29. The van der Waals surface area contributed by atoms with Gasteiger partial charge in [0.2, 0.25) is 5.88 Å². The Bertz CT molecular complexity index is 825. The number of aryl methyl sites for hydroxylation is 1. The van der Waals surface area contributed by atoms with E-state index in [4.69, 9.17) is 9.47 Å². The van der Waals surface area contributed by atoms with Gasteiger partial charge in [0.15, 0.2) is 0 Å². The summed E-state index contributed by atoms with van der Waals surface area (Å²) in [4.78, 5) is 14.5. The van der Waals surface area contributed by atoms with Crippen molar-refractivity contribution in [2.45, 2.75) is 76.9 Å². The monoisotopic (exact) mass is 415 g/mol. The summed E-state index contributed by atoms with van der Waals surface area (Å²) in [6.07, 6.45) is 13.0. The molecule has 6 heteroatoms. The van der Waals surface area contributed by atoms with E-state index in [1.165, 1.54) is 60.8 Å². The average Bonchev–Trinajstić information content (AvgIpc) is 3.14. The second kappa shape index (κ2) is 8.86. The summed E-state index contributed by atoms with van der Waals surface area (Å²) in [6.45, 7) is 6.24. The minimum absolute atomic E-state index is 0.288. The van der Waals surface area contributed by atoms with Crippen LogP contribution in [0.4, 0.5) is 0 Å². The molecule has 3 aliphatic rings. The molecule has 2 fully saturated rings. The fourth-order valence-corrected chi connectivity index (χ4v) is 6.70. The van der Waals surface area contributed by atoms with E-state index in [2.05, 4.69) is 21.8 Å². The molecule has 0 amide bonds. The molecule has 1 saturated heterocycles. The van der Waals surface area contributed by atoms with E-state index in [0.717, 1.165) is 55.8 Å². The number of rotatable bonds is 5. The molecular formula is C23H33N3O2S. The number of aromatic nitrogens is 2. The standard InChI is InChI=1S/C23H33N3O2S/c1-2-3-16-4-9-20-19(14-16)21-22(24-15-25-23(21)29-20)28-18-7-5-17(6-8-18)26-10-12-27-13-11-26/h15-18H,2-14H2,1H3/t16-,17-,18-/m1/s1. The minimum atomic E-state index is 0.288. The molecule has 0 spiro atoms. The van der Waals surface area contributed by atoms with Crippen LogP contribution in [0.25, 0.3) is 10.2 Å². The maximum absolute atomic E-state index is 6.54. The molecule has 3 heterocycles. The van der Waals surface area contributed by atoms with E-state index < -0.39 is 0 Å². The second-order valence-electron chi connectivity index (χ2n) is 8.96. The van der Waals surface area contributed by atoms with E-state index >= 15 is 0 Å². The van der Waals surface area contributed by atoms with E-state index in [1.807, 2.05) is 11.3 Å². The van der Waals surface area contributed by atoms with Gasteiger partial charge in [-0.3, -0.25) is 4.90 Å². The van der Waals surface area contributed by atoms with Crippen molar-refractivity contribution in [2.24, 2.45) is 5.92 Å². The smallest absolute Gasteiger partial charge is 0.225 e. The molecule has 0 bridgehead atoms. The molecule has 0 aromatic carbocycles. The van der Waals surface area contributed by atoms with Gasteiger partial charge in [-0.2, -0.15) is 0 Å². The van der Waals surface area contributed by atoms with Crippen LogP contribution in [0.2, 0.25) is 0 Å². The van der Waals surface area contributed by atoms with Crippen molar-refractivity contribution in [1.82, 2.24) is 14.9 Å². The van der Waals surface area contributed by atoms with E-state index in [1.54, 1.807) is 6.33 Å². The largest absolute Gasteiger partial charge is 0.474 e. The molecule has 5 nitrogen and oxygen atoms in total. The maximum atomic E-state index is 6.54. The van der Waals surface area contributed by atoms with Crippen molar-refractivity contribution in [3.05, 3.63) is 16.8 Å². The zero-order valence-electron chi connectivity index (χ0n) is 17.6. The van der Waals surface area contributed by atoms with Crippen LogP contribution in [-0.2, 0) is 17.6 Å². The Balaban J connectivity index is 1.29. The highest BCUT2D eigenvalue weighted by Crippen LogP contribution is 2.42. The van der Waals surface area contributed by atoms with Crippen molar-refractivity contribution >= 4 is 21.6 Å². The average molecular weight is 416 g/mol.